The molecule has 2 saturated heterocycles. The van der Waals surface area contributed by atoms with E-state index in [1.165, 1.54) is 0 Å². The van der Waals surface area contributed by atoms with Crippen LogP contribution in [-0.4, -0.2) is 57.4 Å². The van der Waals surface area contributed by atoms with E-state index in [1.54, 1.807) is 4.31 Å². The van der Waals surface area contributed by atoms with Crippen molar-refractivity contribution in [2.24, 2.45) is 5.92 Å². The molecule has 2 aliphatic heterocycles. The molecule has 0 bridgehead atoms. The van der Waals surface area contributed by atoms with Crippen molar-refractivity contribution >= 4 is 10.0 Å². The predicted octanol–water partition coefficient (Wildman–Crippen LogP) is 1.21. The van der Waals surface area contributed by atoms with E-state index in [-0.39, 0.29) is 5.25 Å². The van der Waals surface area contributed by atoms with Gasteiger partial charge in [-0.15, -0.1) is 0 Å². The van der Waals surface area contributed by atoms with Crippen molar-refractivity contribution in [1.82, 2.24) is 9.62 Å². The zero-order chi connectivity index (χ0) is 14.4. The molecule has 0 atom stereocenters. The van der Waals surface area contributed by atoms with E-state index in [4.69, 9.17) is 4.74 Å². The Kier molecular flexibility index (Phi) is 6.26. The third-order valence-electron chi connectivity index (χ3n) is 4.34. The standard InChI is InChI=1S/C14H28N2O3S/c1-2-9-16(12-13-3-7-15-8-4-13)20(17,18)14-5-10-19-11-6-14/h13-15H,2-12H2,1H3. The molecule has 2 aliphatic rings. The van der Waals surface area contributed by atoms with Gasteiger partial charge < -0.3 is 10.1 Å². The molecular formula is C14H28N2O3S. The normalized spacial score (nSPS) is 23.3. The minimum atomic E-state index is -3.15. The van der Waals surface area contributed by atoms with Crippen molar-refractivity contribution in [3.63, 3.8) is 0 Å². The first-order valence-electron chi connectivity index (χ1n) is 7.92. The summed E-state index contributed by atoms with van der Waals surface area (Å²) < 4.78 is 32.7. The molecule has 0 radical (unpaired) electrons. The highest BCUT2D eigenvalue weighted by atomic mass is 32.2. The molecule has 2 heterocycles. The number of hydrogen-bond acceptors (Lipinski definition) is 4. The van der Waals surface area contributed by atoms with Crippen molar-refractivity contribution in [2.75, 3.05) is 39.4 Å². The van der Waals surface area contributed by atoms with Gasteiger partial charge in [0.2, 0.25) is 10.0 Å². The molecule has 0 aromatic rings. The van der Waals surface area contributed by atoms with Gasteiger partial charge in [0.25, 0.3) is 0 Å². The molecule has 0 unspecified atom stereocenters. The lowest BCUT2D eigenvalue weighted by Gasteiger charge is -2.33. The average molecular weight is 304 g/mol. The maximum Gasteiger partial charge on any atom is 0.217 e. The lowest BCUT2D eigenvalue weighted by Crippen LogP contribution is -2.45. The molecule has 0 aromatic heterocycles. The van der Waals surface area contributed by atoms with Crippen LogP contribution in [0.5, 0.6) is 0 Å². The number of piperidine rings is 1. The first-order valence-corrected chi connectivity index (χ1v) is 9.42. The Morgan fingerprint density at radius 2 is 1.80 bits per heavy atom. The Balaban J connectivity index is 2.01. The Morgan fingerprint density at radius 1 is 1.15 bits per heavy atom. The second-order valence-corrected chi connectivity index (χ2v) is 8.12. The van der Waals surface area contributed by atoms with E-state index in [0.717, 1.165) is 32.4 Å². The quantitative estimate of drug-likeness (QED) is 0.801. The molecular weight excluding hydrogens is 276 g/mol. The van der Waals surface area contributed by atoms with Gasteiger partial charge in [0.05, 0.1) is 5.25 Å². The van der Waals surface area contributed by atoms with Crippen LogP contribution in [0.25, 0.3) is 0 Å². The summed E-state index contributed by atoms with van der Waals surface area (Å²) in [6, 6.07) is 0. The summed E-state index contributed by atoms with van der Waals surface area (Å²) in [6.45, 7) is 6.60. The van der Waals surface area contributed by atoms with Crippen LogP contribution in [0, 0.1) is 5.92 Å². The van der Waals surface area contributed by atoms with Gasteiger partial charge in [-0.1, -0.05) is 6.92 Å². The van der Waals surface area contributed by atoms with E-state index in [9.17, 15) is 8.42 Å². The minimum absolute atomic E-state index is 0.232. The number of hydrogen-bond donors (Lipinski definition) is 1. The number of ether oxygens (including phenoxy) is 1. The second kappa shape index (κ2) is 7.73. The minimum Gasteiger partial charge on any atom is -0.381 e. The van der Waals surface area contributed by atoms with Crippen molar-refractivity contribution in [3.05, 3.63) is 0 Å². The van der Waals surface area contributed by atoms with E-state index >= 15 is 0 Å². The van der Waals surface area contributed by atoms with Gasteiger partial charge in [-0.25, -0.2) is 12.7 Å². The summed E-state index contributed by atoms with van der Waals surface area (Å²) in [5, 5.41) is 3.11. The molecule has 20 heavy (non-hydrogen) atoms. The molecule has 0 saturated carbocycles. The van der Waals surface area contributed by atoms with Crippen molar-refractivity contribution in [1.29, 1.82) is 0 Å². The van der Waals surface area contributed by atoms with E-state index in [2.05, 4.69) is 12.2 Å². The second-order valence-electron chi connectivity index (χ2n) is 5.91. The number of nitrogens with zero attached hydrogens (tertiary/aromatic N) is 1. The maximum atomic E-state index is 12.8. The van der Waals surface area contributed by atoms with Crippen molar-refractivity contribution in [3.8, 4) is 0 Å². The van der Waals surface area contributed by atoms with Crippen molar-refractivity contribution < 1.29 is 13.2 Å². The first kappa shape index (κ1) is 16.2. The van der Waals surface area contributed by atoms with Crippen LogP contribution < -0.4 is 5.32 Å². The van der Waals surface area contributed by atoms with Crippen LogP contribution in [0.1, 0.15) is 39.0 Å². The first-order chi connectivity index (χ1) is 9.64. The largest absolute Gasteiger partial charge is 0.381 e. The highest BCUT2D eigenvalue weighted by Crippen LogP contribution is 2.23. The van der Waals surface area contributed by atoms with Crippen LogP contribution in [0.3, 0.4) is 0 Å². The summed E-state index contributed by atoms with van der Waals surface area (Å²) in [7, 11) is -3.15. The molecule has 2 rings (SSSR count). The number of rotatable bonds is 6. The third kappa shape index (κ3) is 4.16. The summed E-state index contributed by atoms with van der Waals surface area (Å²) in [5.41, 5.74) is 0. The number of nitrogens with one attached hydrogen (secondary N) is 1. The Labute approximate surface area is 123 Å². The molecule has 2 fully saturated rings. The number of sulfonamides is 1. The van der Waals surface area contributed by atoms with E-state index in [0.29, 0.717) is 45.1 Å². The van der Waals surface area contributed by atoms with Gasteiger partial charge in [-0.2, -0.15) is 0 Å². The van der Waals surface area contributed by atoms with Gasteiger partial charge in [-0.05, 0) is 51.1 Å². The predicted molar refractivity (Wildman–Crippen MR) is 80.2 cm³/mol. The third-order valence-corrected chi connectivity index (χ3v) is 6.71. The Morgan fingerprint density at radius 3 is 2.40 bits per heavy atom. The van der Waals surface area contributed by atoms with Gasteiger partial charge in [0.15, 0.2) is 0 Å². The Bertz CT molecular complexity index is 374. The zero-order valence-electron chi connectivity index (χ0n) is 12.5. The Hall–Kier alpha value is -0.170. The summed E-state index contributed by atoms with van der Waals surface area (Å²) in [4.78, 5) is 0. The van der Waals surface area contributed by atoms with Crippen LogP contribution in [-0.2, 0) is 14.8 Å². The topological polar surface area (TPSA) is 58.6 Å². The fourth-order valence-corrected chi connectivity index (χ4v) is 5.17. The molecule has 0 aliphatic carbocycles. The van der Waals surface area contributed by atoms with E-state index < -0.39 is 10.0 Å². The lowest BCUT2D eigenvalue weighted by molar-refractivity contribution is 0.0969. The van der Waals surface area contributed by atoms with Crippen molar-refractivity contribution in [2.45, 2.75) is 44.3 Å². The molecule has 5 nitrogen and oxygen atoms in total. The highest BCUT2D eigenvalue weighted by Gasteiger charge is 2.34. The highest BCUT2D eigenvalue weighted by molar-refractivity contribution is 7.89. The van der Waals surface area contributed by atoms with Gasteiger partial charge in [0.1, 0.15) is 0 Å². The monoisotopic (exact) mass is 304 g/mol. The smallest absolute Gasteiger partial charge is 0.217 e. The molecule has 118 valence electrons. The van der Waals surface area contributed by atoms with Gasteiger partial charge in [0, 0.05) is 26.3 Å². The fraction of sp³-hybridized carbons (Fsp3) is 1.00. The summed E-state index contributed by atoms with van der Waals surface area (Å²) >= 11 is 0. The lowest BCUT2D eigenvalue weighted by atomic mass is 9.98. The SMILES string of the molecule is CCCN(CC1CCNCC1)S(=O)(=O)C1CCOCC1. The maximum absolute atomic E-state index is 12.8. The average Bonchev–Trinajstić information content (AvgIpc) is 2.49. The molecule has 0 aromatic carbocycles. The van der Waals surface area contributed by atoms with Crippen LogP contribution in [0.2, 0.25) is 0 Å². The molecule has 1 N–H and O–H groups in total. The van der Waals surface area contributed by atoms with Crippen LogP contribution in [0.15, 0.2) is 0 Å². The summed E-state index contributed by atoms with van der Waals surface area (Å²) in [6.07, 6.45) is 4.35. The van der Waals surface area contributed by atoms with Gasteiger partial charge >= 0.3 is 0 Å². The molecule has 0 spiro atoms. The fourth-order valence-electron chi connectivity index (χ4n) is 3.11. The van der Waals surface area contributed by atoms with Gasteiger partial charge in [-0.3, -0.25) is 0 Å². The van der Waals surface area contributed by atoms with Crippen LogP contribution >= 0.6 is 0 Å². The molecule has 6 heteroatoms. The van der Waals surface area contributed by atoms with Crippen LogP contribution in [0.4, 0.5) is 0 Å². The summed E-state index contributed by atoms with van der Waals surface area (Å²) in [5.74, 6) is 0.511. The zero-order valence-corrected chi connectivity index (χ0v) is 13.3. The molecule has 0 amide bonds. The van der Waals surface area contributed by atoms with E-state index in [1.807, 2.05) is 0 Å².